The third-order valence-corrected chi connectivity index (χ3v) is 5.00. The Morgan fingerprint density at radius 3 is 2.61 bits per heavy atom. The fraction of sp³-hybridized carbons (Fsp3) is 0.455. The number of hydrogen-bond donors (Lipinski definition) is 2. The van der Waals surface area contributed by atoms with E-state index in [2.05, 4.69) is 31.5 Å². The van der Waals surface area contributed by atoms with Crippen LogP contribution in [0.5, 0.6) is 0 Å². The first-order chi connectivity index (χ1) is 13.6. The van der Waals surface area contributed by atoms with Gasteiger partial charge in [-0.05, 0) is 56.6 Å². The van der Waals surface area contributed by atoms with Gasteiger partial charge in [-0.25, -0.2) is 9.78 Å². The van der Waals surface area contributed by atoms with Crippen LogP contribution in [-0.4, -0.2) is 49.6 Å². The number of carbonyl (C=O) groups excluding carboxylic acids is 1. The van der Waals surface area contributed by atoms with Gasteiger partial charge in [0.05, 0.1) is 6.04 Å². The number of benzene rings is 1. The number of piperidine rings is 1. The van der Waals surface area contributed by atoms with Crippen LogP contribution in [0.4, 0.5) is 10.6 Å². The minimum Gasteiger partial charge on any atom is -0.357 e. The summed E-state index contributed by atoms with van der Waals surface area (Å²) in [4.78, 5) is 21.4. The number of amides is 2. The molecule has 1 fully saturated rings. The van der Waals surface area contributed by atoms with Crippen LogP contribution in [0.2, 0.25) is 0 Å². The first kappa shape index (κ1) is 20.1. The van der Waals surface area contributed by atoms with E-state index < -0.39 is 0 Å². The highest BCUT2D eigenvalue weighted by atomic mass is 16.2. The van der Waals surface area contributed by atoms with Crippen molar-refractivity contribution in [2.24, 2.45) is 0 Å². The standard InChI is InChI=1S/C22H31N5O/c1-26(2)17-20(19-9-5-3-6-10-19)25-22(28)24-16-18-11-12-23-21(15-18)27-13-7-4-8-14-27/h3,5-6,9-12,15,20H,4,7-8,13-14,16-17H2,1-2H3,(H2,24,25,28). The Balaban J connectivity index is 1.57. The lowest BCUT2D eigenvalue weighted by Gasteiger charge is -2.28. The van der Waals surface area contributed by atoms with E-state index in [1.807, 2.05) is 56.7 Å². The second-order valence-corrected chi connectivity index (χ2v) is 7.62. The highest BCUT2D eigenvalue weighted by Crippen LogP contribution is 2.18. The molecule has 1 aliphatic rings. The highest BCUT2D eigenvalue weighted by molar-refractivity contribution is 5.74. The Bertz CT molecular complexity index is 744. The second kappa shape index (κ2) is 10.1. The number of aromatic nitrogens is 1. The molecule has 0 bridgehead atoms. The topological polar surface area (TPSA) is 60.5 Å². The van der Waals surface area contributed by atoms with Gasteiger partial charge in [0.15, 0.2) is 0 Å². The Morgan fingerprint density at radius 1 is 1.14 bits per heavy atom. The Hall–Kier alpha value is -2.60. The number of anilines is 1. The molecular weight excluding hydrogens is 350 g/mol. The van der Waals surface area contributed by atoms with Crippen molar-refractivity contribution in [1.82, 2.24) is 20.5 Å². The quantitative estimate of drug-likeness (QED) is 0.773. The number of rotatable bonds is 7. The van der Waals surface area contributed by atoms with E-state index in [0.717, 1.165) is 36.6 Å². The zero-order chi connectivity index (χ0) is 19.8. The van der Waals surface area contributed by atoms with E-state index in [9.17, 15) is 4.79 Å². The molecule has 0 radical (unpaired) electrons. The average molecular weight is 382 g/mol. The first-order valence-electron chi connectivity index (χ1n) is 10.1. The van der Waals surface area contributed by atoms with E-state index in [4.69, 9.17) is 0 Å². The van der Waals surface area contributed by atoms with E-state index in [1.165, 1.54) is 19.3 Å². The van der Waals surface area contributed by atoms with Gasteiger partial charge < -0.3 is 20.4 Å². The number of carbonyl (C=O) groups is 1. The van der Waals surface area contributed by atoms with Gasteiger partial charge in [-0.15, -0.1) is 0 Å². The molecule has 1 atom stereocenters. The molecule has 2 N–H and O–H groups in total. The molecule has 0 saturated carbocycles. The minimum absolute atomic E-state index is 0.0578. The molecule has 0 aliphatic carbocycles. The lowest BCUT2D eigenvalue weighted by molar-refractivity contribution is 0.232. The molecule has 150 valence electrons. The van der Waals surface area contributed by atoms with Gasteiger partial charge in [0.25, 0.3) is 0 Å². The maximum absolute atomic E-state index is 12.5. The van der Waals surface area contributed by atoms with E-state index in [-0.39, 0.29) is 12.1 Å². The Morgan fingerprint density at radius 2 is 1.89 bits per heavy atom. The molecule has 28 heavy (non-hydrogen) atoms. The molecule has 2 heterocycles. The van der Waals surface area contributed by atoms with Crippen LogP contribution in [0, 0.1) is 0 Å². The summed E-state index contributed by atoms with van der Waals surface area (Å²) in [5.41, 5.74) is 2.16. The SMILES string of the molecule is CN(C)CC(NC(=O)NCc1ccnc(N2CCCCC2)c1)c1ccccc1. The molecular formula is C22H31N5O. The van der Waals surface area contributed by atoms with Crippen molar-refractivity contribution in [3.05, 3.63) is 59.8 Å². The average Bonchev–Trinajstić information content (AvgIpc) is 2.73. The largest absolute Gasteiger partial charge is 0.357 e. The number of hydrogen-bond acceptors (Lipinski definition) is 4. The molecule has 2 aromatic rings. The first-order valence-corrected chi connectivity index (χ1v) is 10.1. The number of nitrogens with zero attached hydrogens (tertiary/aromatic N) is 3. The van der Waals surface area contributed by atoms with Crippen molar-refractivity contribution in [2.75, 3.05) is 38.6 Å². The van der Waals surface area contributed by atoms with Crippen molar-refractivity contribution >= 4 is 11.8 Å². The number of pyridine rings is 1. The zero-order valence-corrected chi connectivity index (χ0v) is 16.9. The van der Waals surface area contributed by atoms with Crippen LogP contribution < -0.4 is 15.5 Å². The Labute approximate surface area is 167 Å². The van der Waals surface area contributed by atoms with Crippen molar-refractivity contribution in [3.63, 3.8) is 0 Å². The summed E-state index contributed by atoms with van der Waals surface area (Å²) in [6.45, 7) is 3.35. The zero-order valence-electron chi connectivity index (χ0n) is 16.9. The van der Waals surface area contributed by atoms with Gasteiger partial charge in [0, 0.05) is 32.4 Å². The molecule has 3 rings (SSSR count). The fourth-order valence-electron chi connectivity index (χ4n) is 3.54. The summed E-state index contributed by atoms with van der Waals surface area (Å²) in [6.07, 6.45) is 5.57. The van der Waals surface area contributed by atoms with E-state index in [0.29, 0.717) is 6.54 Å². The fourth-order valence-corrected chi connectivity index (χ4v) is 3.54. The Kier molecular flexibility index (Phi) is 7.25. The van der Waals surface area contributed by atoms with E-state index in [1.54, 1.807) is 0 Å². The molecule has 1 aliphatic heterocycles. The van der Waals surface area contributed by atoms with Gasteiger partial charge >= 0.3 is 6.03 Å². The third-order valence-electron chi connectivity index (χ3n) is 5.00. The lowest BCUT2D eigenvalue weighted by Crippen LogP contribution is -2.41. The summed E-state index contributed by atoms with van der Waals surface area (Å²) in [5.74, 6) is 1.01. The molecule has 0 spiro atoms. The van der Waals surface area contributed by atoms with Gasteiger partial charge in [-0.3, -0.25) is 0 Å². The summed E-state index contributed by atoms with van der Waals surface area (Å²) in [5, 5.41) is 6.08. The van der Waals surface area contributed by atoms with Crippen LogP contribution in [0.15, 0.2) is 48.7 Å². The third kappa shape index (κ3) is 5.96. The predicted molar refractivity (Wildman–Crippen MR) is 113 cm³/mol. The van der Waals surface area contributed by atoms with E-state index >= 15 is 0 Å². The smallest absolute Gasteiger partial charge is 0.315 e. The monoisotopic (exact) mass is 381 g/mol. The van der Waals surface area contributed by atoms with Crippen molar-refractivity contribution in [2.45, 2.75) is 31.8 Å². The summed E-state index contributed by atoms with van der Waals surface area (Å²) in [7, 11) is 4.02. The van der Waals surface area contributed by atoms with Crippen molar-refractivity contribution in [3.8, 4) is 0 Å². The van der Waals surface area contributed by atoms with Crippen molar-refractivity contribution < 1.29 is 4.79 Å². The summed E-state index contributed by atoms with van der Waals surface area (Å²) in [6, 6.07) is 13.9. The lowest BCUT2D eigenvalue weighted by atomic mass is 10.1. The van der Waals surface area contributed by atoms with Gasteiger partial charge in [-0.2, -0.15) is 0 Å². The van der Waals surface area contributed by atoms with Crippen LogP contribution >= 0.6 is 0 Å². The maximum Gasteiger partial charge on any atom is 0.315 e. The molecule has 2 amide bonds. The molecule has 6 heteroatoms. The highest BCUT2D eigenvalue weighted by Gasteiger charge is 2.16. The normalized spacial score (nSPS) is 15.3. The molecule has 1 unspecified atom stereocenters. The molecule has 1 aromatic heterocycles. The van der Waals surface area contributed by atoms with Gasteiger partial charge in [0.2, 0.25) is 0 Å². The van der Waals surface area contributed by atoms with Crippen LogP contribution in [0.3, 0.4) is 0 Å². The molecule has 6 nitrogen and oxygen atoms in total. The summed E-state index contributed by atoms with van der Waals surface area (Å²) < 4.78 is 0. The van der Waals surface area contributed by atoms with Crippen LogP contribution in [0.1, 0.15) is 36.4 Å². The van der Waals surface area contributed by atoms with Crippen LogP contribution in [-0.2, 0) is 6.54 Å². The summed E-state index contributed by atoms with van der Waals surface area (Å²) >= 11 is 0. The number of likely N-dealkylation sites (N-methyl/N-ethyl adjacent to an activating group) is 1. The maximum atomic E-state index is 12.5. The predicted octanol–water partition coefficient (Wildman–Crippen LogP) is 3.17. The van der Waals surface area contributed by atoms with Gasteiger partial charge in [-0.1, -0.05) is 30.3 Å². The number of nitrogens with one attached hydrogen (secondary N) is 2. The van der Waals surface area contributed by atoms with Crippen LogP contribution in [0.25, 0.3) is 0 Å². The molecule has 1 aromatic carbocycles. The molecule has 1 saturated heterocycles. The second-order valence-electron chi connectivity index (χ2n) is 7.62. The minimum atomic E-state index is -0.160. The van der Waals surface area contributed by atoms with Gasteiger partial charge in [0.1, 0.15) is 5.82 Å². The van der Waals surface area contributed by atoms with Crippen molar-refractivity contribution in [1.29, 1.82) is 0 Å². The number of urea groups is 1.